The summed E-state index contributed by atoms with van der Waals surface area (Å²) < 4.78 is 6.44. The van der Waals surface area contributed by atoms with E-state index in [0.29, 0.717) is 36.0 Å². The van der Waals surface area contributed by atoms with Gasteiger partial charge in [0.05, 0.1) is 17.0 Å². The van der Waals surface area contributed by atoms with E-state index in [1.54, 1.807) is 31.4 Å². The third-order valence-electron chi connectivity index (χ3n) is 3.11. The van der Waals surface area contributed by atoms with Crippen molar-refractivity contribution in [3.63, 3.8) is 0 Å². The average Bonchev–Trinajstić information content (AvgIpc) is 2.94. The Morgan fingerprint density at radius 2 is 2.29 bits per heavy atom. The lowest BCUT2D eigenvalue weighted by atomic mass is 10.2. The van der Waals surface area contributed by atoms with Gasteiger partial charge in [0.25, 0.3) is 0 Å². The summed E-state index contributed by atoms with van der Waals surface area (Å²) >= 11 is 1.15. The summed E-state index contributed by atoms with van der Waals surface area (Å²) in [6, 6.07) is 8.78. The van der Waals surface area contributed by atoms with Gasteiger partial charge in [-0.2, -0.15) is 5.26 Å². The zero-order chi connectivity index (χ0) is 17.4. The molecule has 0 bridgehead atoms. The van der Waals surface area contributed by atoms with Crippen molar-refractivity contribution >= 4 is 23.4 Å². The number of aromatic nitrogens is 3. The van der Waals surface area contributed by atoms with Crippen molar-refractivity contribution in [2.24, 2.45) is 0 Å². The van der Waals surface area contributed by atoms with Crippen molar-refractivity contribution in [1.29, 1.82) is 5.26 Å². The van der Waals surface area contributed by atoms with Crippen LogP contribution in [0.2, 0.25) is 0 Å². The Morgan fingerprint density at radius 3 is 3.04 bits per heavy atom. The summed E-state index contributed by atoms with van der Waals surface area (Å²) in [6.07, 6.45) is 0.672. The summed E-state index contributed by atoms with van der Waals surface area (Å²) in [7, 11) is 1.59. The molecule has 2 aromatic rings. The van der Waals surface area contributed by atoms with E-state index in [9.17, 15) is 9.59 Å². The number of aromatic amines is 1. The van der Waals surface area contributed by atoms with Crippen molar-refractivity contribution in [2.45, 2.75) is 18.1 Å². The summed E-state index contributed by atoms with van der Waals surface area (Å²) in [5.74, 6) is -0.199. The highest BCUT2D eigenvalue weighted by Crippen LogP contribution is 2.17. The summed E-state index contributed by atoms with van der Waals surface area (Å²) in [4.78, 5) is 23.8. The van der Waals surface area contributed by atoms with Crippen molar-refractivity contribution in [3.8, 4) is 6.07 Å². The molecule has 0 aliphatic heterocycles. The number of nitrogens with one attached hydrogen (secondary N) is 2. The molecule has 1 aromatic heterocycles. The number of nitriles is 1. The van der Waals surface area contributed by atoms with Crippen LogP contribution in [0.15, 0.2) is 34.2 Å². The molecule has 1 heterocycles. The van der Waals surface area contributed by atoms with Gasteiger partial charge in [-0.3, -0.25) is 9.36 Å². The molecule has 1 amide bonds. The molecule has 0 saturated carbocycles. The minimum absolute atomic E-state index is 0.0777. The molecule has 0 aliphatic rings. The lowest BCUT2D eigenvalue weighted by Crippen LogP contribution is -2.19. The largest absolute Gasteiger partial charge is 0.385 e. The average molecular weight is 347 g/mol. The minimum Gasteiger partial charge on any atom is -0.385 e. The Kier molecular flexibility index (Phi) is 6.60. The first-order valence-electron chi connectivity index (χ1n) is 7.21. The number of anilines is 1. The first-order valence-corrected chi connectivity index (χ1v) is 8.20. The van der Waals surface area contributed by atoms with E-state index in [-0.39, 0.29) is 17.3 Å². The number of rotatable bonds is 8. The van der Waals surface area contributed by atoms with Gasteiger partial charge in [0.2, 0.25) is 5.91 Å². The molecule has 0 radical (unpaired) electrons. The molecule has 2 rings (SSSR count). The topological polar surface area (TPSA) is 113 Å². The van der Waals surface area contributed by atoms with Crippen LogP contribution >= 0.6 is 11.8 Å². The van der Waals surface area contributed by atoms with E-state index in [4.69, 9.17) is 10.00 Å². The Labute approximate surface area is 142 Å². The van der Waals surface area contributed by atoms with Gasteiger partial charge in [0, 0.05) is 20.3 Å². The van der Waals surface area contributed by atoms with Crippen LogP contribution in [-0.4, -0.2) is 40.1 Å². The smallest absolute Gasteiger partial charge is 0.343 e. The molecule has 0 fully saturated rings. The minimum atomic E-state index is -0.316. The first kappa shape index (κ1) is 17.8. The molecule has 0 unspecified atom stereocenters. The number of benzene rings is 1. The second-order valence-electron chi connectivity index (χ2n) is 4.80. The molecule has 1 aromatic carbocycles. The molecule has 24 heavy (non-hydrogen) atoms. The van der Waals surface area contributed by atoms with Gasteiger partial charge < -0.3 is 10.1 Å². The van der Waals surface area contributed by atoms with Crippen molar-refractivity contribution < 1.29 is 9.53 Å². The second-order valence-corrected chi connectivity index (χ2v) is 5.75. The number of methoxy groups -OCH3 is 1. The quantitative estimate of drug-likeness (QED) is 0.548. The normalized spacial score (nSPS) is 10.3. The van der Waals surface area contributed by atoms with Crippen LogP contribution in [0.25, 0.3) is 0 Å². The van der Waals surface area contributed by atoms with E-state index in [2.05, 4.69) is 15.5 Å². The van der Waals surface area contributed by atoms with Crippen LogP contribution in [-0.2, 0) is 16.1 Å². The van der Waals surface area contributed by atoms with Crippen LogP contribution in [0.4, 0.5) is 5.69 Å². The van der Waals surface area contributed by atoms with Gasteiger partial charge in [-0.25, -0.2) is 9.89 Å². The number of carbonyl (C=O) groups excluding carboxylic acids is 1. The maximum atomic E-state index is 12.0. The standard InChI is InChI=1S/C15H17N5O3S/c1-23-8-4-7-20-14(22)18-19-15(20)24-10-13(21)17-12-6-3-2-5-11(12)9-16/h2-3,5-6H,4,7-8,10H2,1H3,(H,17,21)(H,18,22). The van der Waals surface area contributed by atoms with Crippen LogP contribution in [0.5, 0.6) is 0 Å². The van der Waals surface area contributed by atoms with Crippen LogP contribution in [0.1, 0.15) is 12.0 Å². The molecular weight excluding hydrogens is 330 g/mol. The number of para-hydroxylation sites is 1. The lowest BCUT2D eigenvalue weighted by Gasteiger charge is -2.07. The molecule has 0 saturated heterocycles. The van der Waals surface area contributed by atoms with Gasteiger partial charge in [-0.15, -0.1) is 5.10 Å². The number of hydrogen-bond acceptors (Lipinski definition) is 6. The molecule has 126 valence electrons. The number of carbonyl (C=O) groups is 1. The van der Waals surface area contributed by atoms with Crippen LogP contribution in [0.3, 0.4) is 0 Å². The molecule has 0 atom stereocenters. The fraction of sp³-hybridized carbons (Fsp3) is 0.333. The highest BCUT2D eigenvalue weighted by Gasteiger charge is 2.12. The van der Waals surface area contributed by atoms with Gasteiger partial charge >= 0.3 is 5.69 Å². The zero-order valence-electron chi connectivity index (χ0n) is 13.1. The van der Waals surface area contributed by atoms with E-state index in [1.165, 1.54) is 4.57 Å². The fourth-order valence-corrected chi connectivity index (χ4v) is 2.76. The maximum absolute atomic E-state index is 12.0. The predicted molar refractivity (Wildman–Crippen MR) is 89.9 cm³/mol. The zero-order valence-corrected chi connectivity index (χ0v) is 13.9. The molecule has 0 spiro atoms. The number of thioether (sulfide) groups is 1. The van der Waals surface area contributed by atoms with E-state index in [0.717, 1.165) is 11.8 Å². The van der Waals surface area contributed by atoms with Crippen molar-refractivity contribution in [1.82, 2.24) is 14.8 Å². The summed E-state index contributed by atoms with van der Waals surface area (Å²) in [5, 5.41) is 18.4. The molecular formula is C15H17N5O3S. The molecule has 0 aliphatic carbocycles. The van der Waals surface area contributed by atoms with Gasteiger partial charge in [-0.1, -0.05) is 23.9 Å². The Morgan fingerprint density at radius 1 is 1.50 bits per heavy atom. The summed E-state index contributed by atoms with van der Waals surface area (Å²) in [6.45, 7) is 0.998. The van der Waals surface area contributed by atoms with Gasteiger partial charge in [0.1, 0.15) is 6.07 Å². The third-order valence-corrected chi connectivity index (χ3v) is 4.08. The number of amides is 1. The molecule has 2 N–H and O–H groups in total. The lowest BCUT2D eigenvalue weighted by molar-refractivity contribution is -0.113. The number of ether oxygens (including phenoxy) is 1. The van der Waals surface area contributed by atoms with Crippen molar-refractivity contribution in [3.05, 3.63) is 40.3 Å². The Balaban J connectivity index is 1.95. The second kappa shape index (κ2) is 8.90. The van der Waals surface area contributed by atoms with Crippen molar-refractivity contribution in [2.75, 3.05) is 24.8 Å². The van der Waals surface area contributed by atoms with Crippen LogP contribution in [0, 0.1) is 11.3 Å². The van der Waals surface area contributed by atoms with E-state index < -0.39 is 0 Å². The highest BCUT2D eigenvalue weighted by molar-refractivity contribution is 7.99. The van der Waals surface area contributed by atoms with E-state index in [1.807, 2.05) is 6.07 Å². The number of H-pyrrole nitrogens is 1. The van der Waals surface area contributed by atoms with E-state index >= 15 is 0 Å². The monoisotopic (exact) mass is 347 g/mol. The fourth-order valence-electron chi connectivity index (χ4n) is 1.98. The first-order chi connectivity index (χ1) is 11.7. The maximum Gasteiger partial charge on any atom is 0.343 e. The SMILES string of the molecule is COCCCn1c(SCC(=O)Nc2ccccc2C#N)n[nH]c1=O. The molecule has 9 heteroatoms. The van der Waals surface area contributed by atoms with Gasteiger partial charge in [-0.05, 0) is 18.6 Å². The molecule has 8 nitrogen and oxygen atoms in total. The number of nitrogens with zero attached hydrogens (tertiary/aromatic N) is 3. The highest BCUT2D eigenvalue weighted by atomic mass is 32.2. The predicted octanol–water partition coefficient (Wildman–Crippen LogP) is 1.21. The summed E-state index contributed by atoms with van der Waals surface area (Å²) in [5.41, 5.74) is 0.543. The third kappa shape index (κ3) is 4.71. The van der Waals surface area contributed by atoms with Crippen LogP contribution < -0.4 is 11.0 Å². The Hall–Kier alpha value is -2.57. The number of hydrogen-bond donors (Lipinski definition) is 2. The Bertz CT molecular complexity index is 793. The van der Waals surface area contributed by atoms with Gasteiger partial charge in [0.15, 0.2) is 5.16 Å².